The molecule has 3 aromatic rings. The predicted octanol–water partition coefficient (Wildman–Crippen LogP) is 4.65. The van der Waals surface area contributed by atoms with E-state index >= 15 is 0 Å². The zero-order valence-corrected chi connectivity index (χ0v) is 12.5. The Bertz CT molecular complexity index is 819. The molecular weight excluding hydrogens is 296 g/mol. The maximum Gasteiger partial charge on any atom is 0.146 e. The second-order valence-electron chi connectivity index (χ2n) is 5.46. The van der Waals surface area contributed by atoms with Crippen LogP contribution in [0.15, 0.2) is 60.7 Å². The fraction of sp³-hybridized carbons (Fsp3) is 0.158. The maximum atomic E-state index is 13.5. The van der Waals surface area contributed by atoms with Gasteiger partial charge in [-0.15, -0.1) is 0 Å². The van der Waals surface area contributed by atoms with Gasteiger partial charge >= 0.3 is 0 Å². The molecule has 0 aliphatic heterocycles. The third-order valence-electron chi connectivity index (χ3n) is 3.82. The molecular formula is C19H17F2NO. The minimum Gasteiger partial charge on any atom is -0.388 e. The number of nitrogens with one attached hydrogen (secondary N) is 1. The molecule has 0 heterocycles. The highest BCUT2D eigenvalue weighted by Gasteiger charge is 2.09. The summed E-state index contributed by atoms with van der Waals surface area (Å²) in [5, 5.41) is 15.3. The summed E-state index contributed by atoms with van der Waals surface area (Å²) in [5.74, 6) is -1.00. The molecule has 23 heavy (non-hydrogen) atoms. The van der Waals surface area contributed by atoms with E-state index in [1.807, 2.05) is 42.5 Å². The van der Waals surface area contributed by atoms with Crippen LogP contribution in [0.25, 0.3) is 10.8 Å². The molecule has 2 nitrogen and oxygen atoms in total. The Morgan fingerprint density at radius 3 is 2.52 bits per heavy atom. The number of aliphatic hydroxyl groups is 1. The van der Waals surface area contributed by atoms with E-state index < -0.39 is 17.7 Å². The minimum absolute atomic E-state index is 0.107. The van der Waals surface area contributed by atoms with Gasteiger partial charge in [-0.3, -0.25) is 0 Å². The van der Waals surface area contributed by atoms with Crippen LogP contribution in [0.5, 0.6) is 0 Å². The van der Waals surface area contributed by atoms with Crippen molar-refractivity contribution in [1.82, 2.24) is 0 Å². The van der Waals surface area contributed by atoms with Gasteiger partial charge in [-0.05, 0) is 47.0 Å². The van der Waals surface area contributed by atoms with Crippen LogP contribution in [0, 0.1) is 11.6 Å². The van der Waals surface area contributed by atoms with Crippen LogP contribution in [-0.4, -0.2) is 11.7 Å². The van der Waals surface area contributed by atoms with Gasteiger partial charge in [0, 0.05) is 6.54 Å². The second kappa shape index (κ2) is 6.75. The predicted molar refractivity (Wildman–Crippen MR) is 88.4 cm³/mol. The number of anilines is 1. The molecule has 0 bridgehead atoms. The Morgan fingerprint density at radius 2 is 1.70 bits per heavy atom. The molecule has 3 rings (SSSR count). The highest BCUT2D eigenvalue weighted by Crippen LogP contribution is 2.23. The lowest BCUT2D eigenvalue weighted by Gasteiger charge is -2.13. The van der Waals surface area contributed by atoms with Gasteiger partial charge in [0.1, 0.15) is 11.6 Å². The number of hydrogen-bond acceptors (Lipinski definition) is 2. The van der Waals surface area contributed by atoms with Gasteiger partial charge in [-0.25, -0.2) is 8.78 Å². The molecule has 0 aromatic heterocycles. The summed E-state index contributed by atoms with van der Waals surface area (Å²) in [4.78, 5) is 0. The normalized spacial score (nSPS) is 12.3. The lowest BCUT2D eigenvalue weighted by Crippen LogP contribution is -2.09. The van der Waals surface area contributed by atoms with E-state index in [-0.39, 0.29) is 5.69 Å². The number of aliphatic hydroxyl groups excluding tert-OH is 1. The molecule has 118 valence electrons. The fourth-order valence-corrected chi connectivity index (χ4v) is 2.56. The Morgan fingerprint density at radius 1 is 0.913 bits per heavy atom. The number of halogens is 2. The number of rotatable bonds is 5. The van der Waals surface area contributed by atoms with Crippen LogP contribution in [0.4, 0.5) is 14.5 Å². The van der Waals surface area contributed by atoms with Crippen molar-refractivity contribution in [1.29, 1.82) is 0 Å². The lowest BCUT2D eigenvalue weighted by molar-refractivity contribution is 0.172. The molecule has 0 fully saturated rings. The van der Waals surface area contributed by atoms with E-state index in [1.54, 1.807) is 0 Å². The van der Waals surface area contributed by atoms with Crippen molar-refractivity contribution < 1.29 is 13.9 Å². The average Bonchev–Trinajstić information content (AvgIpc) is 2.57. The van der Waals surface area contributed by atoms with E-state index in [0.29, 0.717) is 13.0 Å². The highest BCUT2D eigenvalue weighted by molar-refractivity contribution is 5.83. The van der Waals surface area contributed by atoms with Gasteiger partial charge < -0.3 is 10.4 Å². The van der Waals surface area contributed by atoms with Crippen LogP contribution in [0.1, 0.15) is 18.1 Å². The average molecular weight is 313 g/mol. The van der Waals surface area contributed by atoms with Crippen molar-refractivity contribution in [3.05, 3.63) is 77.9 Å². The van der Waals surface area contributed by atoms with E-state index in [4.69, 9.17) is 0 Å². The zero-order valence-electron chi connectivity index (χ0n) is 12.5. The minimum atomic E-state index is -0.663. The lowest BCUT2D eigenvalue weighted by atomic mass is 10.0. The van der Waals surface area contributed by atoms with E-state index in [1.165, 1.54) is 0 Å². The molecule has 0 spiro atoms. The topological polar surface area (TPSA) is 32.3 Å². The van der Waals surface area contributed by atoms with E-state index in [9.17, 15) is 13.9 Å². The Kier molecular flexibility index (Phi) is 4.53. The summed E-state index contributed by atoms with van der Waals surface area (Å²) in [6.45, 7) is 0.342. The number of hydrogen-bond donors (Lipinski definition) is 2. The van der Waals surface area contributed by atoms with Crippen molar-refractivity contribution in [2.45, 2.75) is 12.5 Å². The monoisotopic (exact) mass is 313 g/mol. The summed E-state index contributed by atoms with van der Waals surface area (Å²) in [6.07, 6.45) is -0.266. The fourth-order valence-electron chi connectivity index (χ4n) is 2.56. The van der Waals surface area contributed by atoms with Gasteiger partial charge in [-0.2, -0.15) is 0 Å². The van der Waals surface area contributed by atoms with Crippen LogP contribution in [0.3, 0.4) is 0 Å². The molecule has 0 aliphatic rings. The molecule has 0 amide bonds. The highest BCUT2D eigenvalue weighted by atomic mass is 19.1. The quantitative estimate of drug-likeness (QED) is 0.718. The van der Waals surface area contributed by atoms with Crippen LogP contribution in [-0.2, 0) is 0 Å². The first kappa shape index (κ1) is 15.4. The van der Waals surface area contributed by atoms with Crippen molar-refractivity contribution in [3.63, 3.8) is 0 Å². The third kappa shape index (κ3) is 3.66. The molecule has 1 unspecified atom stereocenters. The van der Waals surface area contributed by atoms with Gasteiger partial charge in [0.2, 0.25) is 0 Å². The summed E-state index contributed by atoms with van der Waals surface area (Å²) in [7, 11) is 0. The first-order chi connectivity index (χ1) is 11.1. The molecule has 0 saturated carbocycles. The summed E-state index contributed by atoms with van der Waals surface area (Å²) in [6, 6.07) is 17.0. The van der Waals surface area contributed by atoms with Crippen molar-refractivity contribution in [3.8, 4) is 0 Å². The smallest absolute Gasteiger partial charge is 0.146 e. The molecule has 2 N–H and O–H groups in total. The molecule has 0 saturated heterocycles. The maximum absolute atomic E-state index is 13.5. The largest absolute Gasteiger partial charge is 0.388 e. The standard InChI is InChI=1S/C19H17F2NO/c20-16-7-8-17(21)18(12-16)22-10-9-19(23)15-6-5-13-3-1-2-4-14(13)11-15/h1-8,11-12,19,22-23H,9-10H2. The zero-order chi connectivity index (χ0) is 16.2. The van der Waals surface area contributed by atoms with Crippen molar-refractivity contribution in [2.75, 3.05) is 11.9 Å². The summed E-state index contributed by atoms with van der Waals surface area (Å²) < 4.78 is 26.6. The van der Waals surface area contributed by atoms with Crippen molar-refractivity contribution >= 4 is 16.5 Å². The third-order valence-corrected chi connectivity index (χ3v) is 3.82. The Balaban J connectivity index is 1.64. The van der Waals surface area contributed by atoms with Crippen LogP contribution < -0.4 is 5.32 Å². The molecule has 4 heteroatoms. The van der Waals surface area contributed by atoms with Gasteiger partial charge in [0.25, 0.3) is 0 Å². The molecule has 1 atom stereocenters. The van der Waals surface area contributed by atoms with Gasteiger partial charge in [-0.1, -0.05) is 36.4 Å². The van der Waals surface area contributed by atoms with Gasteiger partial charge in [0.15, 0.2) is 0 Å². The second-order valence-corrected chi connectivity index (χ2v) is 5.46. The van der Waals surface area contributed by atoms with E-state index in [2.05, 4.69) is 5.32 Å². The SMILES string of the molecule is OC(CCNc1cc(F)ccc1F)c1ccc2ccccc2c1. The first-order valence-corrected chi connectivity index (χ1v) is 7.49. The first-order valence-electron chi connectivity index (χ1n) is 7.49. The molecule has 0 aliphatic carbocycles. The molecule has 0 radical (unpaired) electrons. The number of fused-ring (bicyclic) bond motifs is 1. The Labute approximate surface area is 133 Å². The summed E-state index contributed by atoms with van der Waals surface area (Å²) in [5.41, 5.74) is 0.918. The number of benzene rings is 3. The van der Waals surface area contributed by atoms with Crippen LogP contribution in [0.2, 0.25) is 0 Å². The molecule has 3 aromatic carbocycles. The van der Waals surface area contributed by atoms with Crippen LogP contribution >= 0.6 is 0 Å². The van der Waals surface area contributed by atoms with Gasteiger partial charge in [0.05, 0.1) is 11.8 Å². The Hall–Kier alpha value is -2.46. The summed E-state index contributed by atoms with van der Waals surface area (Å²) >= 11 is 0. The van der Waals surface area contributed by atoms with Crippen molar-refractivity contribution in [2.24, 2.45) is 0 Å². The van der Waals surface area contributed by atoms with E-state index in [0.717, 1.165) is 34.5 Å².